The van der Waals surface area contributed by atoms with E-state index < -0.39 is 11.9 Å². The van der Waals surface area contributed by atoms with E-state index in [0.29, 0.717) is 18.5 Å². The summed E-state index contributed by atoms with van der Waals surface area (Å²) in [6.07, 6.45) is 3.15. The van der Waals surface area contributed by atoms with Crippen molar-refractivity contribution in [1.29, 1.82) is 0 Å². The summed E-state index contributed by atoms with van der Waals surface area (Å²) in [7, 11) is 0. The van der Waals surface area contributed by atoms with Crippen molar-refractivity contribution in [3.63, 3.8) is 0 Å². The highest BCUT2D eigenvalue weighted by Crippen LogP contribution is 2.19. The van der Waals surface area contributed by atoms with E-state index in [0.717, 1.165) is 25.3 Å². The molecular weight excluding hydrogens is 282 g/mol. The number of rotatable bonds is 6. The highest BCUT2D eigenvalue weighted by molar-refractivity contribution is 5.94. The second kappa shape index (κ2) is 7.24. The summed E-state index contributed by atoms with van der Waals surface area (Å²) in [6, 6.07) is 3.63. The lowest BCUT2D eigenvalue weighted by molar-refractivity contribution is -0.141. The number of nitrogens with zero attached hydrogens (tertiary/aromatic N) is 3. The van der Waals surface area contributed by atoms with Crippen LogP contribution in [0.4, 0.5) is 5.82 Å². The molecule has 1 saturated heterocycles. The average molecular weight is 305 g/mol. The molecule has 2 heterocycles. The van der Waals surface area contributed by atoms with Crippen LogP contribution < -0.4 is 4.90 Å². The highest BCUT2D eigenvalue weighted by Gasteiger charge is 2.31. The first-order valence-corrected chi connectivity index (χ1v) is 7.79. The summed E-state index contributed by atoms with van der Waals surface area (Å²) in [5, 5.41) is 9.00. The predicted octanol–water partition coefficient (Wildman–Crippen LogP) is 1.86. The van der Waals surface area contributed by atoms with Gasteiger partial charge in [-0.2, -0.15) is 0 Å². The van der Waals surface area contributed by atoms with Crippen molar-refractivity contribution in [3.05, 3.63) is 23.9 Å². The van der Waals surface area contributed by atoms with E-state index in [1.54, 1.807) is 17.2 Å². The molecule has 0 aromatic carbocycles. The van der Waals surface area contributed by atoms with Crippen molar-refractivity contribution in [1.82, 2.24) is 9.88 Å². The van der Waals surface area contributed by atoms with Gasteiger partial charge in [0.2, 0.25) is 0 Å². The number of pyridine rings is 1. The monoisotopic (exact) mass is 305 g/mol. The number of carbonyl (C=O) groups is 2. The molecule has 1 aliphatic heterocycles. The summed E-state index contributed by atoms with van der Waals surface area (Å²) in [5.41, 5.74) is 0.516. The number of aromatic nitrogens is 1. The number of amides is 1. The van der Waals surface area contributed by atoms with Crippen molar-refractivity contribution in [2.45, 2.75) is 26.7 Å². The van der Waals surface area contributed by atoms with Gasteiger partial charge in [0.15, 0.2) is 0 Å². The first-order valence-electron chi connectivity index (χ1n) is 7.79. The van der Waals surface area contributed by atoms with Gasteiger partial charge in [-0.25, -0.2) is 4.98 Å². The number of carboxylic acids is 1. The topological polar surface area (TPSA) is 73.7 Å². The minimum Gasteiger partial charge on any atom is -0.481 e. The van der Waals surface area contributed by atoms with Crippen LogP contribution in [0, 0.1) is 5.92 Å². The van der Waals surface area contributed by atoms with E-state index in [4.69, 9.17) is 5.11 Å². The van der Waals surface area contributed by atoms with E-state index in [2.05, 4.69) is 23.7 Å². The Morgan fingerprint density at radius 3 is 2.68 bits per heavy atom. The number of likely N-dealkylation sites (tertiary alicyclic amines) is 1. The van der Waals surface area contributed by atoms with Crippen LogP contribution in [0.3, 0.4) is 0 Å². The van der Waals surface area contributed by atoms with Crippen LogP contribution in [0.2, 0.25) is 0 Å². The number of anilines is 1. The summed E-state index contributed by atoms with van der Waals surface area (Å²) >= 11 is 0. The zero-order chi connectivity index (χ0) is 16.1. The van der Waals surface area contributed by atoms with Crippen molar-refractivity contribution in [2.75, 3.05) is 31.1 Å². The minimum atomic E-state index is -0.832. The number of hydrogen-bond acceptors (Lipinski definition) is 4. The first-order chi connectivity index (χ1) is 10.6. The molecule has 22 heavy (non-hydrogen) atoms. The summed E-state index contributed by atoms with van der Waals surface area (Å²) in [6.45, 7) is 6.78. The fourth-order valence-corrected chi connectivity index (χ4v) is 2.73. The summed E-state index contributed by atoms with van der Waals surface area (Å²) < 4.78 is 0. The fraction of sp³-hybridized carbons (Fsp3) is 0.562. The molecule has 6 heteroatoms. The second-order valence-electron chi connectivity index (χ2n) is 5.56. The van der Waals surface area contributed by atoms with Crippen LogP contribution in [0.5, 0.6) is 0 Å². The Morgan fingerprint density at radius 2 is 2.18 bits per heavy atom. The molecule has 1 atom stereocenters. The Hall–Kier alpha value is -2.11. The lowest BCUT2D eigenvalue weighted by Crippen LogP contribution is -2.30. The maximum Gasteiger partial charge on any atom is 0.308 e. The molecule has 1 aromatic heterocycles. The van der Waals surface area contributed by atoms with Gasteiger partial charge in [0.05, 0.1) is 11.5 Å². The molecule has 0 saturated carbocycles. The van der Waals surface area contributed by atoms with Crippen molar-refractivity contribution < 1.29 is 14.7 Å². The van der Waals surface area contributed by atoms with Crippen LogP contribution in [-0.2, 0) is 4.79 Å². The Kier molecular flexibility index (Phi) is 5.35. The average Bonchev–Trinajstić information content (AvgIpc) is 3.02. The van der Waals surface area contributed by atoms with Crippen molar-refractivity contribution in [2.24, 2.45) is 5.92 Å². The lowest BCUT2D eigenvalue weighted by atomic mass is 10.1. The third kappa shape index (κ3) is 3.55. The van der Waals surface area contributed by atoms with E-state index >= 15 is 0 Å². The Bertz CT molecular complexity index is 530. The molecule has 1 fully saturated rings. The van der Waals surface area contributed by atoms with Gasteiger partial charge in [-0.3, -0.25) is 9.59 Å². The Morgan fingerprint density at radius 1 is 1.41 bits per heavy atom. The molecule has 1 amide bonds. The van der Waals surface area contributed by atoms with Crippen molar-refractivity contribution >= 4 is 17.7 Å². The molecule has 120 valence electrons. The Labute approximate surface area is 130 Å². The number of carbonyl (C=O) groups excluding carboxylic acids is 1. The lowest BCUT2D eigenvalue weighted by Gasteiger charge is -2.21. The smallest absolute Gasteiger partial charge is 0.308 e. The second-order valence-corrected chi connectivity index (χ2v) is 5.56. The molecular formula is C16H23N3O3. The van der Waals surface area contributed by atoms with Crippen LogP contribution in [0.25, 0.3) is 0 Å². The maximum absolute atomic E-state index is 12.4. The molecule has 0 radical (unpaired) electrons. The molecule has 6 nitrogen and oxygen atoms in total. The van der Waals surface area contributed by atoms with Gasteiger partial charge in [0, 0.05) is 32.4 Å². The SMILES string of the molecule is CCCN(CC)c1ccc(C(=O)N2CCC(C(=O)O)C2)cn1. The zero-order valence-electron chi connectivity index (χ0n) is 13.2. The molecule has 2 rings (SSSR count). The highest BCUT2D eigenvalue weighted by atomic mass is 16.4. The van der Waals surface area contributed by atoms with Gasteiger partial charge in [0.1, 0.15) is 5.82 Å². The summed E-state index contributed by atoms with van der Waals surface area (Å²) in [5.74, 6) is -0.551. The minimum absolute atomic E-state index is 0.138. The maximum atomic E-state index is 12.4. The summed E-state index contributed by atoms with van der Waals surface area (Å²) in [4.78, 5) is 31.5. The third-order valence-corrected chi connectivity index (χ3v) is 4.02. The van der Waals surface area contributed by atoms with Crippen LogP contribution in [0.1, 0.15) is 37.0 Å². The third-order valence-electron chi connectivity index (χ3n) is 4.02. The number of aliphatic carboxylic acids is 1. The predicted molar refractivity (Wildman–Crippen MR) is 84.1 cm³/mol. The quantitative estimate of drug-likeness (QED) is 0.868. The van der Waals surface area contributed by atoms with Gasteiger partial charge < -0.3 is 14.9 Å². The molecule has 1 aliphatic rings. The first kappa shape index (κ1) is 16.3. The van der Waals surface area contributed by atoms with Gasteiger partial charge in [-0.05, 0) is 31.9 Å². The van der Waals surface area contributed by atoms with E-state index in [-0.39, 0.29) is 12.5 Å². The van der Waals surface area contributed by atoms with Crippen LogP contribution >= 0.6 is 0 Å². The molecule has 0 spiro atoms. The van der Waals surface area contributed by atoms with E-state index in [1.807, 2.05) is 6.07 Å². The van der Waals surface area contributed by atoms with Gasteiger partial charge in [-0.15, -0.1) is 0 Å². The number of carboxylic acid groups (broad SMARTS) is 1. The van der Waals surface area contributed by atoms with E-state index in [1.165, 1.54) is 0 Å². The molecule has 0 aliphatic carbocycles. The number of hydrogen-bond donors (Lipinski definition) is 1. The fourth-order valence-electron chi connectivity index (χ4n) is 2.73. The molecule has 0 bridgehead atoms. The van der Waals surface area contributed by atoms with Gasteiger partial charge in [0.25, 0.3) is 5.91 Å². The molecule has 1 N–H and O–H groups in total. The standard InChI is InChI=1S/C16H23N3O3/c1-3-8-18(4-2)14-6-5-12(10-17-14)15(20)19-9-7-13(11-19)16(21)22/h5-6,10,13H,3-4,7-9,11H2,1-2H3,(H,21,22). The molecule has 1 unspecified atom stereocenters. The zero-order valence-corrected chi connectivity index (χ0v) is 13.2. The largest absolute Gasteiger partial charge is 0.481 e. The van der Waals surface area contributed by atoms with Crippen LogP contribution in [-0.4, -0.2) is 53.0 Å². The van der Waals surface area contributed by atoms with Crippen molar-refractivity contribution in [3.8, 4) is 0 Å². The molecule has 1 aromatic rings. The van der Waals surface area contributed by atoms with Gasteiger partial charge in [-0.1, -0.05) is 6.92 Å². The van der Waals surface area contributed by atoms with Gasteiger partial charge >= 0.3 is 5.97 Å². The Balaban J connectivity index is 2.04. The van der Waals surface area contributed by atoms with Crippen LogP contribution in [0.15, 0.2) is 18.3 Å². The van der Waals surface area contributed by atoms with E-state index in [9.17, 15) is 9.59 Å². The normalized spacial score (nSPS) is 17.5.